The smallest absolute Gasteiger partial charge is 0.226 e. The summed E-state index contributed by atoms with van der Waals surface area (Å²) in [6, 6.07) is 20.5. The van der Waals surface area contributed by atoms with E-state index in [1.165, 1.54) is 56.1 Å². The van der Waals surface area contributed by atoms with Gasteiger partial charge in [-0.05, 0) is 84.5 Å². The Labute approximate surface area is 372 Å². The van der Waals surface area contributed by atoms with Crippen molar-refractivity contribution in [2.24, 2.45) is 23.5 Å². The van der Waals surface area contributed by atoms with Crippen molar-refractivity contribution in [3.63, 3.8) is 0 Å². The maximum Gasteiger partial charge on any atom is 0.226 e. The normalized spacial score (nSPS) is 17.8. The quantitative estimate of drug-likeness (QED) is 0.0708. The van der Waals surface area contributed by atoms with E-state index in [1.54, 1.807) is 30.3 Å². The predicted molar refractivity (Wildman–Crippen MR) is 241 cm³/mol. The highest BCUT2D eigenvalue weighted by molar-refractivity contribution is 7.91. The summed E-state index contributed by atoms with van der Waals surface area (Å²) in [5.74, 6) is -7.29. The van der Waals surface area contributed by atoms with Gasteiger partial charge in [0.15, 0.2) is 33.0 Å². The minimum atomic E-state index is -3.66. The maximum absolute atomic E-state index is 14.6. The Hall–Kier alpha value is -5.70. The molecule has 5 N–H and O–H groups in total. The molecule has 0 fully saturated rings. The van der Waals surface area contributed by atoms with E-state index in [2.05, 4.69) is 5.32 Å². The SMILES string of the molecule is C[C@H](CC(=O)[C@@H]1Cc2ccc(O)c(c2)-c2cc(ccc2O)[C@H](N(C)C(=O)[C@H](CCCCN)CC(=O)c2ccc(-c3ccc(Cl)cc3)cc2)C(=O)C[C@@H](C)C(=O)N1)C(=O)CS(C)(=O)=O. The van der Waals surface area contributed by atoms with Crippen LogP contribution in [0.4, 0.5) is 0 Å². The molecule has 1 aliphatic rings. The number of hydrogen-bond donors (Lipinski definition) is 4. The van der Waals surface area contributed by atoms with Crippen LogP contribution in [-0.2, 0) is 40.2 Å². The van der Waals surface area contributed by atoms with E-state index >= 15 is 0 Å². The van der Waals surface area contributed by atoms with Crippen LogP contribution in [0.15, 0.2) is 84.9 Å². The number of rotatable bonds is 16. The Kier molecular flexibility index (Phi) is 16.2. The van der Waals surface area contributed by atoms with Crippen LogP contribution in [0.2, 0.25) is 5.02 Å². The molecule has 1 aliphatic heterocycles. The summed E-state index contributed by atoms with van der Waals surface area (Å²) in [4.78, 5) is 84.5. The lowest BCUT2D eigenvalue weighted by Gasteiger charge is -2.32. The molecule has 0 saturated heterocycles. The molecule has 4 bridgehead atoms. The van der Waals surface area contributed by atoms with E-state index in [4.69, 9.17) is 17.3 Å². The highest BCUT2D eigenvalue weighted by Crippen LogP contribution is 2.40. The van der Waals surface area contributed by atoms with E-state index in [9.17, 15) is 47.4 Å². The number of amides is 2. The molecule has 5 rings (SSSR count). The van der Waals surface area contributed by atoms with E-state index in [0.29, 0.717) is 42.0 Å². The van der Waals surface area contributed by atoms with E-state index in [1.807, 2.05) is 24.3 Å². The van der Waals surface area contributed by atoms with Crippen molar-refractivity contribution < 1.29 is 47.4 Å². The summed E-state index contributed by atoms with van der Waals surface area (Å²) < 4.78 is 23.6. The number of nitrogens with zero attached hydrogens (tertiary/aromatic N) is 1. The van der Waals surface area contributed by atoms with Crippen molar-refractivity contribution >= 4 is 56.4 Å². The van der Waals surface area contributed by atoms with Gasteiger partial charge in [-0.3, -0.25) is 28.8 Å². The van der Waals surface area contributed by atoms with Crippen molar-refractivity contribution in [1.29, 1.82) is 0 Å². The molecule has 0 unspecified atom stereocenters. The Balaban J connectivity index is 1.48. The maximum atomic E-state index is 14.6. The van der Waals surface area contributed by atoms with Crippen LogP contribution >= 0.6 is 11.6 Å². The van der Waals surface area contributed by atoms with Gasteiger partial charge in [-0.15, -0.1) is 0 Å². The van der Waals surface area contributed by atoms with Gasteiger partial charge in [-0.1, -0.05) is 80.4 Å². The largest absolute Gasteiger partial charge is 0.507 e. The Morgan fingerprint density at radius 1 is 0.857 bits per heavy atom. The van der Waals surface area contributed by atoms with Crippen LogP contribution < -0.4 is 11.1 Å². The number of benzene rings is 4. The fourth-order valence-electron chi connectivity index (χ4n) is 7.85. The van der Waals surface area contributed by atoms with Crippen LogP contribution in [0.25, 0.3) is 22.3 Å². The summed E-state index contributed by atoms with van der Waals surface area (Å²) in [6.45, 7) is 3.31. The zero-order valence-corrected chi connectivity index (χ0v) is 37.4. The zero-order chi connectivity index (χ0) is 46.2. The standard InChI is InChI=1S/C48H54ClN3O10S/c1-28(45(58)27-63(4,61)62)21-43(56)39-24-30-8-18-40(53)37(23-30)38-25-34(15-19-41(38)54)46(44(57)22-29(2)47(59)51-39)52(3)48(60)35(7-5-6-20-50)26-42(55)33-11-9-31(10-12-33)32-13-16-36(49)17-14-32/h8-19,23,25,28-29,35,39,46,53-54H,5-7,20-22,24,26-27,50H2,1-4H3,(H,51,59)/t28-,29-,35-,39+,46+/m1/s1. The molecule has 0 aromatic heterocycles. The molecule has 0 spiro atoms. The van der Waals surface area contributed by atoms with Crippen LogP contribution in [-0.4, -0.2) is 90.1 Å². The zero-order valence-electron chi connectivity index (χ0n) is 35.8. The fourth-order valence-corrected chi connectivity index (χ4v) is 8.77. The molecule has 0 saturated carbocycles. The number of Topliss-reactive ketones (excluding diaryl/α,β-unsaturated/α-hetero) is 4. The molecule has 13 nitrogen and oxygen atoms in total. The van der Waals surface area contributed by atoms with Crippen molar-refractivity contribution in [1.82, 2.24) is 10.2 Å². The molecule has 1 heterocycles. The summed E-state index contributed by atoms with van der Waals surface area (Å²) in [7, 11) is -2.21. The Bertz CT molecular complexity index is 2470. The minimum absolute atomic E-state index is 0.0947. The number of nitrogens with two attached hydrogens (primary N) is 1. The molecule has 5 atom stereocenters. The molecule has 4 aromatic rings. The van der Waals surface area contributed by atoms with Gasteiger partial charge in [0.05, 0.1) is 6.04 Å². The number of sulfone groups is 1. The third-order valence-electron chi connectivity index (χ3n) is 11.5. The van der Waals surface area contributed by atoms with Gasteiger partial charge in [-0.2, -0.15) is 0 Å². The molecular weight excluding hydrogens is 846 g/mol. The molecule has 0 radical (unpaired) electrons. The summed E-state index contributed by atoms with van der Waals surface area (Å²) in [5, 5.41) is 25.6. The van der Waals surface area contributed by atoms with Crippen LogP contribution in [0.5, 0.6) is 11.5 Å². The number of phenolic OH excluding ortho intramolecular Hbond substituents is 2. The second kappa shape index (κ2) is 21.1. The van der Waals surface area contributed by atoms with Crippen LogP contribution in [0.3, 0.4) is 0 Å². The second-order valence-electron chi connectivity index (χ2n) is 16.6. The molecule has 15 heteroatoms. The third-order valence-corrected chi connectivity index (χ3v) is 12.5. The fraction of sp³-hybridized carbons (Fsp3) is 0.375. The van der Waals surface area contributed by atoms with Gasteiger partial charge < -0.3 is 26.2 Å². The number of fused-ring (bicyclic) bond motifs is 5. The molecule has 2 amide bonds. The molecular formula is C48H54ClN3O10S. The first-order valence-electron chi connectivity index (χ1n) is 20.8. The van der Waals surface area contributed by atoms with Crippen LogP contribution in [0.1, 0.15) is 79.9 Å². The van der Waals surface area contributed by atoms with Crippen molar-refractivity contribution in [3.8, 4) is 33.8 Å². The number of nitrogens with one attached hydrogen (secondary N) is 1. The molecule has 0 aliphatic carbocycles. The molecule has 63 heavy (non-hydrogen) atoms. The molecule has 334 valence electrons. The van der Waals surface area contributed by atoms with Gasteiger partial charge in [-0.25, -0.2) is 8.42 Å². The van der Waals surface area contributed by atoms with Gasteiger partial charge in [0.2, 0.25) is 11.8 Å². The monoisotopic (exact) mass is 899 g/mol. The number of aromatic hydroxyl groups is 2. The average Bonchev–Trinajstić information content (AvgIpc) is 3.23. The summed E-state index contributed by atoms with van der Waals surface area (Å²) >= 11 is 6.05. The molecule has 4 aromatic carbocycles. The van der Waals surface area contributed by atoms with Crippen molar-refractivity contribution in [2.75, 3.05) is 25.6 Å². The van der Waals surface area contributed by atoms with E-state index in [0.717, 1.165) is 17.4 Å². The number of likely N-dealkylation sites (N-methyl/N-ethyl adjacent to an activating group) is 1. The number of unbranched alkanes of at least 4 members (excludes halogenated alkanes) is 1. The highest BCUT2D eigenvalue weighted by atomic mass is 35.5. The lowest BCUT2D eigenvalue weighted by Crippen LogP contribution is -2.46. The second-order valence-corrected chi connectivity index (χ2v) is 19.2. The summed E-state index contributed by atoms with van der Waals surface area (Å²) in [6.07, 6.45) is 1.32. The number of ketones is 4. The van der Waals surface area contributed by atoms with Gasteiger partial charge >= 0.3 is 0 Å². The van der Waals surface area contributed by atoms with Crippen molar-refractivity contribution in [2.45, 2.75) is 70.9 Å². The topological polar surface area (TPSA) is 218 Å². The van der Waals surface area contributed by atoms with E-state index < -0.39 is 74.6 Å². The number of phenols is 2. The number of halogens is 1. The number of carbonyl (C=O) groups is 6. The van der Waals surface area contributed by atoms with Crippen molar-refractivity contribution in [3.05, 3.63) is 107 Å². The first kappa shape index (κ1) is 48.3. The first-order valence-corrected chi connectivity index (χ1v) is 23.3. The average molecular weight is 900 g/mol. The lowest BCUT2D eigenvalue weighted by molar-refractivity contribution is -0.142. The highest BCUT2D eigenvalue weighted by Gasteiger charge is 2.36. The number of hydrogen-bond acceptors (Lipinski definition) is 11. The Morgan fingerprint density at radius 3 is 2.08 bits per heavy atom. The first-order chi connectivity index (χ1) is 29.8. The Morgan fingerprint density at radius 2 is 1.46 bits per heavy atom. The lowest BCUT2D eigenvalue weighted by atomic mass is 9.87. The van der Waals surface area contributed by atoms with Crippen LogP contribution in [0, 0.1) is 17.8 Å². The predicted octanol–water partition coefficient (Wildman–Crippen LogP) is 6.45. The van der Waals surface area contributed by atoms with Gasteiger partial charge in [0.1, 0.15) is 23.3 Å². The van der Waals surface area contributed by atoms with Gasteiger partial charge in [0, 0.05) is 72.0 Å². The van der Waals surface area contributed by atoms with E-state index in [-0.39, 0.29) is 59.7 Å². The summed E-state index contributed by atoms with van der Waals surface area (Å²) in [5.41, 5.74) is 8.99. The minimum Gasteiger partial charge on any atom is -0.507 e. The third kappa shape index (κ3) is 12.7. The number of carbonyl (C=O) groups excluding carboxylic acids is 6. The van der Waals surface area contributed by atoms with Gasteiger partial charge in [0.25, 0.3) is 0 Å².